The molecule has 0 atom stereocenters. The summed E-state index contributed by atoms with van der Waals surface area (Å²) in [5.41, 5.74) is 7.36. The van der Waals surface area contributed by atoms with Gasteiger partial charge >= 0.3 is 185 Å². The van der Waals surface area contributed by atoms with Gasteiger partial charge in [-0.25, -0.2) is 0 Å². The molecule has 2 amide bonds. The summed E-state index contributed by atoms with van der Waals surface area (Å²) in [5.74, 6) is 0.342. The molecule has 2 aromatic carbocycles. The van der Waals surface area contributed by atoms with Gasteiger partial charge in [-0.2, -0.15) is 0 Å². The van der Waals surface area contributed by atoms with Crippen LogP contribution in [0.5, 0.6) is 5.75 Å². The molecule has 3 N–H and O–H groups in total. The molecule has 0 aliphatic rings. The number of ether oxygens (including phenoxy) is 1. The third-order valence-corrected chi connectivity index (χ3v) is 6.91. The summed E-state index contributed by atoms with van der Waals surface area (Å²) in [6, 6.07) is 15.2. The van der Waals surface area contributed by atoms with Gasteiger partial charge in [0.25, 0.3) is 0 Å². The average Bonchev–Trinajstić information content (AvgIpc) is 3.16. The van der Waals surface area contributed by atoms with Gasteiger partial charge in [-0.15, -0.1) is 0 Å². The second-order valence-corrected chi connectivity index (χ2v) is 8.78. The Kier molecular flexibility index (Phi) is 5.70. The van der Waals surface area contributed by atoms with Gasteiger partial charge < -0.3 is 0 Å². The molecule has 4 rings (SSSR count). The molecule has 0 spiro atoms. The van der Waals surface area contributed by atoms with Crippen LogP contribution in [0.4, 0.5) is 0 Å². The molecule has 0 saturated heterocycles. The first kappa shape index (κ1) is 20.6. The first-order valence-electron chi connectivity index (χ1n) is 9.32. The second-order valence-electron chi connectivity index (χ2n) is 6.56. The van der Waals surface area contributed by atoms with E-state index in [0.29, 0.717) is 22.8 Å². The predicted octanol–water partition coefficient (Wildman–Crippen LogP) is 0.543. The number of nitrogens with two attached hydrogens (primary N) is 1. The van der Waals surface area contributed by atoms with E-state index in [1.54, 1.807) is 26.3 Å². The van der Waals surface area contributed by atoms with Gasteiger partial charge in [-0.1, -0.05) is 0 Å². The molecule has 31 heavy (non-hydrogen) atoms. The van der Waals surface area contributed by atoms with Crippen LogP contribution in [0.2, 0.25) is 0 Å². The van der Waals surface area contributed by atoms with Crippen LogP contribution in [-0.2, 0) is 0 Å². The summed E-state index contributed by atoms with van der Waals surface area (Å²) in [7, 11) is 3.13. The molecule has 0 radical (unpaired) electrons. The van der Waals surface area contributed by atoms with Crippen molar-refractivity contribution in [3.63, 3.8) is 0 Å². The Labute approximate surface area is 184 Å². The number of nitrogens with one attached hydrogen (secondary N) is 1. The summed E-state index contributed by atoms with van der Waals surface area (Å²) < 4.78 is 9.00. The standard InChI is InChI=1S/C22H19N5O3Se/c1-24-21(29)14-11-25-22(26-12-14)27-17-6-4-3-5-13(17)9-19(27)31-18-10-15(30-2)7-8-16(18)20(23)28/h3-12H,1-2H3,(H2,23,28)(H,24,29). The van der Waals surface area contributed by atoms with Crippen molar-refractivity contribution in [3.8, 4) is 11.7 Å². The average molecular weight is 480 g/mol. The number of para-hydroxylation sites is 1. The van der Waals surface area contributed by atoms with E-state index < -0.39 is 5.91 Å². The van der Waals surface area contributed by atoms with Gasteiger partial charge in [-0.3, -0.25) is 0 Å². The Morgan fingerprint density at radius 3 is 2.52 bits per heavy atom. The SMILES string of the molecule is CNC(=O)c1cnc(-n2c([Se]c3cc(OC)ccc3C(N)=O)cc3ccccc32)nc1. The number of primary amides is 1. The normalized spacial score (nSPS) is 10.8. The van der Waals surface area contributed by atoms with Crippen molar-refractivity contribution in [3.05, 3.63) is 72.1 Å². The predicted molar refractivity (Wildman–Crippen MR) is 119 cm³/mol. The summed E-state index contributed by atoms with van der Waals surface area (Å²) >= 11 is -0.305. The molecule has 2 heterocycles. The van der Waals surface area contributed by atoms with Gasteiger partial charge in [0, 0.05) is 0 Å². The molecule has 0 aliphatic carbocycles. The molecule has 2 aromatic heterocycles. The van der Waals surface area contributed by atoms with E-state index in [-0.39, 0.29) is 20.9 Å². The fourth-order valence-electron chi connectivity index (χ4n) is 3.14. The van der Waals surface area contributed by atoms with Crippen molar-refractivity contribution < 1.29 is 14.3 Å². The van der Waals surface area contributed by atoms with E-state index in [1.165, 1.54) is 12.4 Å². The minimum absolute atomic E-state index is 0.254. The summed E-state index contributed by atoms with van der Waals surface area (Å²) in [6.45, 7) is 0. The molecular formula is C22H19N5O3Se. The number of aromatic nitrogens is 3. The third-order valence-electron chi connectivity index (χ3n) is 4.67. The van der Waals surface area contributed by atoms with Crippen molar-refractivity contribution in [2.45, 2.75) is 0 Å². The summed E-state index contributed by atoms with van der Waals surface area (Å²) in [4.78, 5) is 32.7. The number of carbonyl (C=O) groups is 2. The van der Waals surface area contributed by atoms with Crippen molar-refractivity contribution in [1.82, 2.24) is 19.9 Å². The summed E-state index contributed by atoms with van der Waals surface area (Å²) in [6.07, 6.45) is 2.99. The number of hydrogen-bond donors (Lipinski definition) is 2. The third kappa shape index (κ3) is 4.01. The number of methoxy groups -OCH3 is 1. The quantitative estimate of drug-likeness (QED) is 0.392. The van der Waals surface area contributed by atoms with E-state index in [2.05, 4.69) is 21.4 Å². The van der Waals surface area contributed by atoms with E-state index in [4.69, 9.17) is 10.5 Å². The molecular weight excluding hydrogens is 461 g/mol. The van der Waals surface area contributed by atoms with Gasteiger partial charge in [0.2, 0.25) is 0 Å². The van der Waals surface area contributed by atoms with Crippen molar-refractivity contribution >= 4 is 46.7 Å². The van der Waals surface area contributed by atoms with Crippen LogP contribution in [0, 0.1) is 0 Å². The zero-order chi connectivity index (χ0) is 22.0. The fraction of sp³-hybridized carbons (Fsp3) is 0.0909. The van der Waals surface area contributed by atoms with Gasteiger partial charge in [-0.05, 0) is 0 Å². The van der Waals surface area contributed by atoms with Crippen LogP contribution in [0.15, 0.2) is 60.9 Å². The topological polar surface area (TPSA) is 112 Å². The maximum atomic E-state index is 12.0. The number of benzene rings is 2. The Bertz CT molecular complexity index is 1280. The molecule has 156 valence electrons. The Balaban J connectivity index is 1.85. The zero-order valence-corrected chi connectivity index (χ0v) is 18.5. The molecule has 4 aromatic rings. The van der Waals surface area contributed by atoms with Crippen LogP contribution >= 0.6 is 0 Å². The van der Waals surface area contributed by atoms with Gasteiger partial charge in [0.15, 0.2) is 0 Å². The summed E-state index contributed by atoms with van der Waals surface area (Å²) in [5, 5.41) is 3.57. The van der Waals surface area contributed by atoms with Crippen LogP contribution < -0.4 is 24.8 Å². The Morgan fingerprint density at radius 2 is 1.84 bits per heavy atom. The number of rotatable bonds is 6. The molecule has 9 heteroatoms. The van der Waals surface area contributed by atoms with Crippen molar-refractivity contribution in [2.24, 2.45) is 5.73 Å². The maximum absolute atomic E-state index is 12.0. The van der Waals surface area contributed by atoms with Crippen LogP contribution in [0.25, 0.3) is 16.9 Å². The van der Waals surface area contributed by atoms with Crippen molar-refractivity contribution in [1.29, 1.82) is 0 Å². The fourth-order valence-corrected chi connectivity index (χ4v) is 5.52. The van der Waals surface area contributed by atoms with Crippen LogP contribution in [0.3, 0.4) is 0 Å². The first-order valence-corrected chi connectivity index (χ1v) is 11.0. The van der Waals surface area contributed by atoms with E-state index >= 15 is 0 Å². The number of hydrogen-bond acceptors (Lipinski definition) is 5. The number of carbonyl (C=O) groups excluding carboxylic acids is 2. The Hall–Kier alpha value is -3.68. The molecule has 0 fully saturated rings. The molecule has 0 bridgehead atoms. The van der Waals surface area contributed by atoms with E-state index in [0.717, 1.165) is 20.0 Å². The Morgan fingerprint density at radius 1 is 1.10 bits per heavy atom. The zero-order valence-electron chi connectivity index (χ0n) is 16.8. The van der Waals surface area contributed by atoms with Crippen LogP contribution in [-0.4, -0.2) is 55.5 Å². The monoisotopic (exact) mass is 481 g/mol. The second kappa shape index (κ2) is 8.59. The molecule has 0 unspecified atom stereocenters. The molecule has 8 nitrogen and oxygen atoms in total. The van der Waals surface area contributed by atoms with E-state index in [1.807, 2.05) is 34.9 Å². The van der Waals surface area contributed by atoms with E-state index in [9.17, 15) is 9.59 Å². The number of amides is 2. The molecule has 0 aliphatic heterocycles. The van der Waals surface area contributed by atoms with Gasteiger partial charge in [0.1, 0.15) is 0 Å². The van der Waals surface area contributed by atoms with Crippen LogP contribution in [0.1, 0.15) is 20.7 Å². The minimum atomic E-state index is -0.492. The number of nitrogens with zero attached hydrogens (tertiary/aromatic N) is 3. The number of fused-ring (bicyclic) bond motifs is 1. The van der Waals surface area contributed by atoms with Crippen molar-refractivity contribution in [2.75, 3.05) is 14.2 Å². The molecule has 0 saturated carbocycles. The van der Waals surface area contributed by atoms with Gasteiger partial charge in [0.05, 0.1) is 0 Å². The first-order chi connectivity index (χ1) is 15.0.